The van der Waals surface area contributed by atoms with Crippen molar-refractivity contribution in [1.82, 2.24) is 0 Å². The first-order chi connectivity index (χ1) is 24.7. The maximum Gasteiger partial charge on any atom is 0.697 e. The summed E-state index contributed by atoms with van der Waals surface area (Å²) in [5, 5.41) is 0. The highest BCUT2D eigenvalue weighted by molar-refractivity contribution is 7.33. The van der Waals surface area contributed by atoms with E-state index in [1.165, 1.54) is 167 Å². The minimum Gasteiger partial charge on any atom is -0.379 e. The lowest BCUT2D eigenvalue weighted by atomic mass is 10.0. The van der Waals surface area contributed by atoms with Crippen LogP contribution in [0.5, 0.6) is 0 Å². The summed E-state index contributed by atoms with van der Waals surface area (Å²) >= 11 is 0. The quantitative estimate of drug-likeness (QED) is 0.0456. The number of hydrogen-bond acceptors (Lipinski definition) is 7. The molecule has 0 radical (unpaired) electrons. The van der Waals surface area contributed by atoms with Crippen molar-refractivity contribution in [2.75, 3.05) is 53.9 Å². The van der Waals surface area contributed by atoms with Crippen molar-refractivity contribution >= 4 is 8.25 Å². The zero-order valence-electron chi connectivity index (χ0n) is 33.9. The van der Waals surface area contributed by atoms with Gasteiger partial charge in [-0.2, -0.15) is 0 Å². The van der Waals surface area contributed by atoms with Gasteiger partial charge in [0.15, 0.2) is 0 Å². The predicted octanol–water partition coefficient (Wildman–Crippen LogP) is 13.5. The Bertz CT molecular complexity index is 602. The smallest absolute Gasteiger partial charge is 0.379 e. The third-order valence-electron chi connectivity index (χ3n) is 9.83. The van der Waals surface area contributed by atoms with Crippen LogP contribution in [-0.2, 0) is 32.6 Å². The highest BCUT2D eigenvalue weighted by atomic mass is 31.1. The molecular weight excluding hydrogens is 647 g/mol. The standard InChI is InChI=1S/C42H86O7P/c1-5-7-9-11-13-15-17-19-21-23-25-27-29-31-35-46-39-41(44-3)33-37-48-50(43)49-38-34-42(45-4)40-47-36-32-30-28-26-24-22-20-18-16-14-12-10-8-6-2/h41-42H,5-40H2,1-4H3/q+1. The SMILES string of the molecule is CCCCCCCCCCCCCCCCOCC(CCO[P+](=O)OCCC(COCCCCCCCCCCCCCCCC)OC)OC. The fraction of sp³-hybridized carbons (Fsp3) is 1.00. The van der Waals surface area contributed by atoms with Gasteiger partial charge in [0.05, 0.1) is 25.4 Å². The van der Waals surface area contributed by atoms with E-state index in [9.17, 15) is 4.57 Å². The van der Waals surface area contributed by atoms with E-state index in [1.54, 1.807) is 14.2 Å². The Kier molecular flexibility index (Phi) is 43.1. The summed E-state index contributed by atoms with van der Waals surface area (Å²) < 4.78 is 45.7. The van der Waals surface area contributed by atoms with Crippen LogP contribution in [0.3, 0.4) is 0 Å². The monoisotopic (exact) mass is 734 g/mol. The first kappa shape index (κ1) is 49.9. The fourth-order valence-electron chi connectivity index (χ4n) is 6.32. The van der Waals surface area contributed by atoms with E-state index in [2.05, 4.69) is 13.8 Å². The zero-order valence-corrected chi connectivity index (χ0v) is 34.8. The summed E-state index contributed by atoms with van der Waals surface area (Å²) in [6.45, 7) is 7.78. The number of hydrogen-bond donors (Lipinski definition) is 0. The maximum absolute atomic E-state index is 12.2. The minimum absolute atomic E-state index is 0.0696. The molecule has 0 N–H and O–H groups in total. The van der Waals surface area contributed by atoms with Gasteiger partial charge in [0.1, 0.15) is 13.2 Å². The van der Waals surface area contributed by atoms with Crippen molar-refractivity contribution in [3.63, 3.8) is 0 Å². The van der Waals surface area contributed by atoms with E-state index in [4.69, 9.17) is 28.0 Å². The van der Waals surface area contributed by atoms with Crippen LogP contribution in [0.4, 0.5) is 0 Å². The van der Waals surface area contributed by atoms with E-state index in [0.717, 1.165) is 26.1 Å². The summed E-state index contributed by atoms with van der Waals surface area (Å²) in [7, 11) is 1.20. The molecule has 0 aromatic carbocycles. The average Bonchev–Trinajstić information content (AvgIpc) is 3.12. The number of ether oxygens (including phenoxy) is 4. The molecule has 0 aromatic heterocycles. The van der Waals surface area contributed by atoms with Crippen LogP contribution >= 0.6 is 8.25 Å². The normalized spacial score (nSPS) is 13.2. The van der Waals surface area contributed by atoms with Crippen molar-refractivity contribution in [3.8, 4) is 0 Å². The van der Waals surface area contributed by atoms with Gasteiger partial charge in [0.25, 0.3) is 0 Å². The molecule has 8 heteroatoms. The molecule has 300 valence electrons. The van der Waals surface area contributed by atoms with Gasteiger partial charge in [-0.25, -0.2) is 0 Å². The molecule has 7 nitrogen and oxygen atoms in total. The zero-order chi connectivity index (χ0) is 36.4. The van der Waals surface area contributed by atoms with Crippen LogP contribution in [0.2, 0.25) is 0 Å². The molecule has 0 heterocycles. The molecule has 0 aliphatic rings. The first-order valence-corrected chi connectivity index (χ1v) is 22.7. The Morgan fingerprint density at radius 1 is 0.380 bits per heavy atom. The molecule has 0 aromatic rings. The second kappa shape index (κ2) is 43.3. The number of unbranched alkanes of at least 4 members (excludes halogenated alkanes) is 26. The number of methoxy groups -OCH3 is 2. The highest BCUT2D eigenvalue weighted by Gasteiger charge is 2.22. The summed E-state index contributed by atoms with van der Waals surface area (Å²) in [6, 6.07) is 0. The van der Waals surface area contributed by atoms with Gasteiger partial charge < -0.3 is 18.9 Å². The Labute approximate surface area is 312 Å². The molecule has 0 fully saturated rings. The average molecular weight is 734 g/mol. The molecule has 50 heavy (non-hydrogen) atoms. The number of rotatable bonds is 44. The predicted molar refractivity (Wildman–Crippen MR) is 213 cm³/mol. The van der Waals surface area contributed by atoms with Gasteiger partial charge in [-0.1, -0.05) is 181 Å². The summed E-state index contributed by atoms with van der Waals surface area (Å²) in [5.41, 5.74) is 0. The first-order valence-electron chi connectivity index (χ1n) is 21.6. The second-order valence-corrected chi connectivity index (χ2v) is 15.5. The van der Waals surface area contributed by atoms with Crippen molar-refractivity contribution in [2.24, 2.45) is 0 Å². The fourth-order valence-corrected chi connectivity index (χ4v) is 6.90. The molecule has 2 unspecified atom stereocenters. The van der Waals surface area contributed by atoms with E-state index < -0.39 is 8.25 Å². The van der Waals surface area contributed by atoms with Crippen molar-refractivity contribution in [2.45, 2.75) is 219 Å². The second-order valence-electron chi connectivity index (χ2n) is 14.5. The largest absolute Gasteiger partial charge is 0.697 e. The van der Waals surface area contributed by atoms with Gasteiger partial charge in [0.2, 0.25) is 0 Å². The summed E-state index contributed by atoms with van der Waals surface area (Å²) in [4.78, 5) is 0. The highest BCUT2D eigenvalue weighted by Crippen LogP contribution is 2.25. The Hall–Kier alpha value is -0.140. The van der Waals surface area contributed by atoms with Gasteiger partial charge in [-0.05, 0) is 12.8 Å². The molecule has 0 aliphatic carbocycles. The van der Waals surface area contributed by atoms with Gasteiger partial charge in [-0.15, -0.1) is 9.05 Å². The van der Waals surface area contributed by atoms with Gasteiger partial charge in [-0.3, -0.25) is 0 Å². The van der Waals surface area contributed by atoms with Crippen LogP contribution < -0.4 is 0 Å². The molecule has 2 atom stereocenters. The van der Waals surface area contributed by atoms with Gasteiger partial charge in [0, 0.05) is 44.8 Å². The molecule has 0 saturated heterocycles. The van der Waals surface area contributed by atoms with Crippen LogP contribution in [-0.4, -0.2) is 66.1 Å². The molecule has 0 bridgehead atoms. The minimum atomic E-state index is -2.16. The molecule has 0 rings (SSSR count). The molecule has 0 aliphatic heterocycles. The maximum atomic E-state index is 12.2. The van der Waals surface area contributed by atoms with Crippen molar-refractivity contribution in [3.05, 3.63) is 0 Å². The third-order valence-corrected chi connectivity index (χ3v) is 10.6. The molecule has 0 amide bonds. The lowest BCUT2D eigenvalue weighted by Gasteiger charge is -2.14. The van der Waals surface area contributed by atoms with E-state index in [-0.39, 0.29) is 12.2 Å². The van der Waals surface area contributed by atoms with Crippen LogP contribution in [0.1, 0.15) is 206 Å². The van der Waals surface area contributed by atoms with Crippen LogP contribution in [0.25, 0.3) is 0 Å². The van der Waals surface area contributed by atoms with Crippen LogP contribution in [0, 0.1) is 0 Å². The van der Waals surface area contributed by atoms with Gasteiger partial charge >= 0.3 is 8.25 Å². The van der Waals surface area contributed by atoms with E-state index in [1.807, 2.05) is 0 Å². The van der Waals surface area contributed by atoms with Crippen molar-refractivity contribution < 1.29 is 32.6 Å². The van der Waals surface area contributed by atoms with E-state index >= 15 is 0 Å². The molecule has 0 saturated carbocycles. The summed E-state index contributed by atoms with van der Waals surface area (Å²) in [6.07, 6.45) is 39.1. The third kappa shape index (κ3) is 39.1. The Morgan fingerprint density at radius 2 is 0.640 bits per heavy atom. The molecular formula is C42H86O7P+. The lowest BCUT2D eigenvalue weighted by Crippen LogP contribution is -2.21. The van der Waals surface area contributed by atoms with Crippen molar-refractivity contribution in [1.29, 1.82) is 0 Å². The lowest BCUT2D eigenvalue weighted by molar-refractivity contribution is -0.00593. The van der Waals surface area contributed by atoms with Crippen LogP contribution in [0.15, 0.2) is 0 Å². The topological polar surface area (TPSA) is 72.5 Å². The summed E-state index contributed by atoms with van der Waals surface area (Å²) in [5.74, 6) is 0. The van der Waals surface area contributed by atoms with E-state index in [0.29, 0.717) is 39.3 Å². The Balaban J connectivity index is 3.53. The Morgan fingerprint density at radius 3 is 0.900 bits per heavy atom. The molecule has 0 spiro atoms.